The molecule has 1 aromatic rings. The minimum Gasteiger partial charge on any atom is -0.337 e. The second-order valence-corrected chi connectivity index (χ2v) is 4.25. The second-order valence-electron chi connectivity index (χ2n) is 3.46. The van der Waals surface area contributed by atoms with E-state index in [2.05, 4.69) is 0 Å². The number of halogens is 2. The molecule has 0 heterocycles. The first kappa shape index (κ1) is 13.3. The third kappa shape index (κ3) is 3.39. The summed E-state index contributed by atoms with van der Waals surface area (Å²) in [4.78, 5) is 13.9. The highest BCUT2D eigenvalue weighted by molar-refractivity contribution is 6.33. The van der Waals surface area contributed by atoms with Crippen LogP contribution in [0.15, 0.2) is 24.3 Å². The topological polar surface area (TPSA) is 20.3 Å². The fraction of sp³-hybridized carbons (Fsp3) is 0.417. The van der Waals surface area contributed by atoms with Gasteiger partial charge >= 0.3 is 0 Å². The van der Waals surface area contributed by atoms with Gasteiger partial charge in [-0.1, -0.05) is 30.7 Å². The quantitative estimate of drug-likeness (QED) is 0.743. The number of carbonyl (C=O) groups is 1. The van der Waals surface area contributed by atoms with Crippen molar-refractivity contribution < 1.29 is 4.79 Å². The van der Waals surface area contributed by atoms with Gasteiger partial charge in [0, 0.05) is 19.0 Å². The molecule has 0 bridgehead atoms. The van der Waals surface area contributed by atoms with E-state index in [0.717, 1.165) is 6.42 Å². The van der Waals surface area contributed by atoms with E-state index in [-0.39, 0.29) is 5.91 Å². The zero-order chi connectivity index (χ0) is 12.0. The van der Waals surface area contributed by atoms with Crippen LogP contribution in [0.4, 0.5) is 0 Å². The van der Waals surface area contributed by atoms with Crippen molar-refractivity contribution in [2.24, 2.45) is 0 Å². The van der Waals surface area contributed by atoms with Gasteiger partial charge in [0.15, 0.2) is 0 Å². The van der Waals surface area contributed by atoms with Crippen LogP contribution in [0.5, 0.6) is 0 Å². The normalized spacial score (nSPS) is 10.2. The van der Waals surface area contributed by atoms with Crippen LogP contribution >= 0.6 is 23.2 Å². The molecule has 0 spiro atoms. The first-order chi connectivity index (χ1) is 7.70. The van der Waals surface area contributed by atoms with Gasteiger partial charge in [0.25, 0.3) is 5.91 Å². The van der Waals surface area contributed by atoms with Crippen molar-refractivity contribution in [3.63, 3.8) is 0 Å². The zero-order valence-corrected chi connectivity index (χ0v) is 10.8. The number of alkyl halides is 1. The molecule has 0 saturated carbocycles. The zero-order valence-electron chi connectivity index (χ0n) is 9.25. The minimum atomic E-state index is -0.0481. The molecular weight excluding hydrogens is 245 g/mol. The molecule has 0 aromatic heterocycles. The lowest BCUT2D eigenvalue weighted by Gasteiger charge is -2.21. The summed E-state index contributed by atoms with van der Waals surface area (Å²) in [7, 11) is 0. The molecule has 1 aromatic carbocycles. The summed E-state index contributed by atoms with van der Waals surface area (Å²) in [6, 6.07) is 7.08. The highest BCUT2D eigenvalue weighted by atomic mass is 35.5. The molecule has 0 aliphatic carbocycles. The van der Waals surface area contributed by atoms with E-state index in [0.29, 0.717) is 29.6 Å². The molecule has 0 unspecified atom stereocenters. The number of carbonyl (C=O) groups excluding carboxylic acids is 1. The highest BCUT2D eigenvalue weighted by Crippen LogP contribution is 2.17. The van der Waals surface area contributed by atoms with Crippen LogP contribution in [-0.2, 0) is 0 Å². The van der Waals surface area contributed by atoms with E-state index in [1.165, 1.54) is 0 Å². The molecule has 1 rings (SSSR count). The Balaban J connectivity index is 2.85. The van der Waals surface area contributed by atoms with Crippen LogP contribution in [-0.4, -0.2) is 29.8 Å². The lowest BCUT2D eigenvalue weighted by molar-refractivity contribution is 0.0765. The van der Waals surface area contributed by atoms with E-state index in [1.54, 1.807) is 17.0 Å². The average molecular weight is 260 g/mol. The van der Waals surface area contributed by atoms with Gasteiger partial charge in [-0.05, 0) is 18.6 Å². The van der Waals surface area contributed by atoms with Gasteiger partial charge in [0.2, 0.25) is 0 Å². The Hall–Kier alpha value is -0.730. The maximum atomic E-state index is 12.1. The first-order valence-electron chi connectivity index (χ1n) is 5.30. The maximum absolute atomic E-state index is 12.1. The molecule has 88 valence electrons. The average Bonchev–Trinajstić information content (AvgIpc) is 2.28. The number of rotatable bonds is 5. The highest BCUT2D eigenvalue weighted by Gasteiger charge is 2.16. The third-order valence-corrected chi connectivity index (χ3v) is 2.74. The number of amides is 1. The molecule has 1 amide bonds. The fourth-order valence-electron chi connectivity index (χ4n) is 1.49. The Morgan fingerprint density at radius 2 is 2.00 bits per heavy atom. The molecule has 0 aliphatic heterocycles. The molecule has 4 heteroatoms. The Bertz CT molecular complexity index is 349. The molecule has 0 aliphatic rings. The van der Waals surface area contributed by atoms with Gasteiger partial charge in [-0.3, -0.25) is 4.79 Å². The Morgan fingerprint density at radius 1 is 1.31 bits per heavy atom. The van der Waals surface area contributed by atoms with E-state index < -0.39 is 0 Å². The van der Waals surface area contributed by atoms with Gasteiger partial charge in [0.1, 0.15) is 0 Å². The Morgan fingerprint density at radius 3 is 2.56 bits per heavy atom. The van der Waals surface area contributed by atoms with Crippen LogP contribution < -0.4 is 0 Å². The van der Waals surface area contributed by atoms with Crippen molar-refractivity contribution in [2.75, 3.05) is 19.0 Å². The van der Waals surface area contributed by atoms with Crippen molar-refractivity contribution >= 4 is 29.1 Å². The number of hydrogen-bond donors (Lipinski definition) is 0. The van der Waals surface area contributed by atoms with Gasteiger partial charge in [0.05, 0.1) is 10.6 Å². The summed E-state index contributed by atoms with van der Waals surface area (Å²) in [6.45, 7) is 3.29. The van der Waals surface area contributed by atoms with Crippen LogP contribution in [0.3, 0.4) is 0 Å². The van der Waals surface area contributed by atoms with E-state index >= 15 is 0 Å². The molecule has 0 saturated heterocycles. The lowest BCUT2D eigenvalue weighted by atomic mass is 10.2. The number of benzene rings is 1. The van der Waals surface area contributed by atoms with Gasteiger partial charge in [-0.25, -0.2) is 0 Å². The summed E-state index contributed by atoms with van der Waals surface area (Å²) < 4.78 is 0. The molecule has 16 heavy (non-hydrogen) atoms. The molecule has 0 radical (unpaired) electrons. The number of nitrogens with zero attached hydrogens (tertiary/aromatic N) is 1. The van der Waals surface area contributed by atoms with Gasteiger partial charge in [-0.15, -0.1) is 11.6 Å². The Labute approximate surface area is 106 Å². The first-order valence-corrected chi connectivity index (χ1v) is 6.21. The van der Waals surface area contributed by atoms with Crippen molar-refractivity contribution in [2.45, 2.75) is 13.3 Å². The van der Waals surface area contributed by atoms with E-state index in [1.807, 2.05) is 19.1 Å². The van der Waals surface area contributed by atoms with Crippen LogP contribution in [0.25, 0.3) is 0 Å². The van der Waals surface area contributed by atoms with Gasteiger partial charge < -0.3 is 4.90 Å². The van der Waals surface area contributed by atoms with Gasteiger partial charge in [-0.2, -0.15) is 0 Å². The smallest absolute Gasteiger partial charge is 0.255 e. The predicted molar refractivity (Wildman–Crippen MR) is 68.4 cm³/mol. The van der Waals surface area contributed by atoms with Crippen LogP contribution in [0.2, 0.25) is 5.02 Å². The van der Waals surface area contributed by atoms with Crippen molar-refractivity contribution in [3.05, 3.63) is 34.9 Å². The van der Waals surface area contributed by atoms with Crippen molar-refractivity contribution in [1.29, 1.82) is 0 Å². The summed E-state index contributed by atoms with van der Waals surface area (Å²) in [5, 5.41) is 0.489. The Kier molecular flexibility index (Phi) is 5.64. The van der Waals surface area contributed by atoms with E-state index in [9.17, 15) is 4.79 Å². The molecule has 0 atom stereocenters. The minimum absolute atomic E-state index is 0.0481. The maximum Gasteiger partial charge on any atom is 0.255 e. The summed E-state index contributed by atoms with van der Waals surface area (Å²) in [6.07, 6.45) is 0.910. The largest absolute Gasteiger partial charge is 0.337 e. The van der Waals surface area contributed by atoms with Crippen LogP contribution in [0, 0.1) is 0 Å². The fourth-order valence-corrected chi connectivity index (χ4v) is 1.91. The third-order valence-electron chi connectivity index (χ3n) is 2.24. The summed E-state index contributed by atoms with van der Waals surface area (Å²) in [5.41, 5.74) is 0.544. The molecule has 0 fully saturated rings. The second kappa shape index (κ2) is 6.77. The van der Waals surface area contributed by atoms with Crippen molar-refractivity contribution in [1.82, 2.24) is 4.90 Å². The SMILES string of the molecule is CCCN(CCCl)C(=O)c1ccccc1Cl. The van der Waals surface area contributed by atoms with E-state index in [4.69, 9.17) is 23.2 Å². The molecular formula is C12H15Cl2NO. The summed E-state index contributed by atoms with van der Waals surface area (Å²) >= 11 is 11.7. The monoisotopic (exact) mass is 259 g/mol. The molecule has 0 N–H and O–H groups in total. The van der Waals surface area contributed by atoms with Crippen molar-refractivity contribution in [3.8, 4) is 0 Å². The predicted octanol–water partition coefficient (Wildman–Crippen LogP) is 3.43. The summed E-state index contributed by atoms with van der Waals surface area (Å²) in [5.74, 6) is 0.393. The lowest BCUT2D eigenvalue weighted by Crippen LogP contribution is -2.33. The molecule has 2 nitrogen and oxygen atoms in total. The number of hydrogen-bond acceptors (Lipinski definition) is 1. The standard InChI is InChI=1S/C12H15Cl2NO/c1-2-8-15(9-7-13)12(16)10-5-3-4-6-11(10)14/h3-6H,2,7-9H2,1H3. The van der Waals surface area contributed by atoms with Crippen LogP contribution in [0.1, 0.15) is 23.7 Å².